The first-order valence-electron chi connectivity index (χ1n) is 8.67. The molecule has 146 valence electrons. The molecule has 3 aromatic heterocycles. The summed E-state index contributed by atoms with van der Waals surface area (Å²) in [6.45, 7) is 1.47. The minimum Gasteiger partial charge on any atom is -0.486 e. The van der Waals surface area contributed by atoms with Gasteiger partial charge in [-0.25, -0.2) is 9.97 Å². The van der Waals surface area contributed by atoms with Crippen molar-refractivity contribution in [3.05, 3.63) is 52.2 Å². The van der Waals surface area contributed by atoms with Crippen molar-refractivity contribution in [2.75, 3.05) is 18.5 Å². The van der Waals surface area contributed by atoms with E-state index >= 15 is 0 Å². The van der Waals surface area contributed by atoms with Gasteiger partial charge in [-0.15, -0.1) is 0 Å². The summed E-state index contributed by atoms with van der Waals surface area (Å²) in [6.07, 6.45) is 1.49. The highest BCUT2D eigenvalue weighted by molar-refractivity contribution is 7.21. The van der Waals surface area contributed by atoms with E-state index in [1.807, 2.05) is 18.2 Å². The van der Waals surface area contributed by atoms with Gasteiger partial charge in [0, 0.05) is 18.7 Å². The van der Waals surface area contributed by atoms with Crippen LogP contribution < -0.4 is 14.8 Å². The van der Waals surface area contributed by atoms with Gasteiger partial charge in [0.1, 0.15) is 23.9 Å². The average molecular weight is 411 g/mol. The lowest BCUT2D eigenvalue weighted by molar-refractivity contribution is -0.380. The van der Waals surface area contributed by atoms with Crippen molar-refractivity contribution in [3.63, 3.8) is 0 Å². The van der Waals surface area contributed by atoms with E-state index in [1.165, 1.54) is 12.3 Å². The summed E-state index contributed by atoms with van der Waals surface area (Å²) in [7, 11) is 0. The Bertz CT molecular complexity index is 1210. The minimum atomic E-state index is -0.439. The molecule has 1 N–H and O–H groups in total. The molecule has 5 rings (SSSR count). The lowest BCUT2D eigenvalue weighted by Gasteiger charge is -2.19. The summed E-state index contributed by atoms with van der Waals surface area (Å²) in [5.41, 5.74) is 0.951. The maximum Gasteiger partial charge on any atom is 0.326 e. The van der Waals surface area contributed by atoms with Gasteiger partial charge in [-0.3, -0.25) is 10.1 Å². The van der Waals surface area contributed by atoms with Crippen LogP contribution in [0.2, 0.25) is 0 Å². The Morgan fingerprint density at radius 1 is 1.14 bits per heavy atom. The zero-order valence-electron chi connectivity index (χ0n) is 14.8. The highest BCUT2D eigenvalue weighted by atomic mass is 32.1. The van der Waals surface area contributed by atoms with Crippen molar-refractivity contribution in [2.45, 2.75) is 6.54 Å². The Morgan fingerprint density at radius 3 is 2.79 bits per heavy atom. The summed E-state index contributed by atoms with van der Waals surface area (Å²) < 4.78 is 16.3. The number of hydrogen-bond donors (Lipinski definition) is 1. The Labute approximate surface area is 167 Å². The van der Waals surface area contributed by atoms with Gasteiger partial charge in [-0.05, 0) is 29.0 Å². The largest absolute Gasteiger partial charge is 0.486 e. The number of anilines is 1. The molecule has 1 aliphatic heterocycles. The van der Waals surface area contributed by atoms with Crippen LogP contribution >= 0.6 is 11.3 Å². The number of thiophene rings is 1. The van der Waals surface area contributed by atoms with E-state index in [-0.39, 0.29) is 5.00 Å². The van der Waals surface area contributed by atoms with Crippen LogP contribution in [0.1, 0.15) is 5.56 Å². The van der Waals surface area contributed by atoms with E-state index in [4.69, 9.17) is 14.0 Å². The number of ether oxygens (including phenoxy) is 2. The molecule has 0 amide bonds. The molecule has 0 spiro atoms. The van der Waals surface area contributed by atoms with Gasteiger partial charge < -0.3 is 19.3 Å². The fourth-order valence-electron chi connectivity index (χ4n) is 2.96. The van der Waals surface area contributed by atoms with Crippen LogP contribution in [0.5, 0.6) is 11.5 Å². The van der Waals surface area contributed by atoms with E-state index in [9.17, 15) is 10.1 Å². The molecule has 0 saturated carbocycles. The standard InChI is InChI=1S/C18H13N5O5S/c24-23(25)15-8-11-16(21-17(22-18(11)29-15)13-3-4-20-28-13)19-9-10-1-2-12-14(7-10)27-6-5-26-12/h1-4,7-8H,5-6,9H2,(H,19,21,22). The minimum absolute atomic E-state index is 0.00796. The van der Waals surface area contributed by atoms with E-state index in [1.54, 1.807) is 6.07 Å². The molecule has 0 atom stereocenters. The Morgan fingerprint density at radius 2 is 2.00 bits per heavy atom. The Balaban J connectivity index is 1.50. The number of benzene rings is 1. The fraction of sp³-hybridized carbons (Fsp3) is 0.167. The zero-order valence-corrected chi connectivity index (χ0v) is 15.6. The van der Waals surface area contributed by atoms with Crippen molar-refractivity contribution in [3.8, 4) is 23.1 Å². The zero-order chi connectivity index (χ0) is 19.8. The lowest BCUT2D eigenvalue weighted by atomic mass is 10.2. The van der Waals surface area contributed by atoms with Gasteiger partial charge >= 0.3 is 5.00 Å². The van der Waals surface area contributed by atoms with Gasteiger partial charge in [0.2, 0.25) is 11.6 Å². The molecule has 29 heavy (non-hydrogen) atoms. The van der Waals surface area contributed by atoms with Crippen LogP contribution in [-0.2, 0) is 6.54 Å². The maximum atomic E-state index is 11.2. The van der Waals surface area contributed by atoms with E-state index in [0.717, 1.165) is 16.9 Å². The molecule has 0 aliphatic carbocycles. The van der Waals surface area contributed by atoms with Crippen molar-refractivity contribution in [1.29, 1.82) is 0 Å². The topological polar surface area (TPSA) is 125 Å². The molecule has 11 heteroatoms. The molecular weight excluding hydrogens is 398 g/mol. The van der Waals surface area contributed by atoms with Crippen LogP contribution in [0.25, 0.3) is 21.8 Å². The number of fused-ring (bicyclic) bond motifs is 2. The average Bonchev–Trinajstić information content (AvgIpc) is 3.41. The summed E-state index contributed by atoms with van der Waals surface area (Å²) in [4.78, 5) is 20.1. The van der Waals surface area contributed by atoms with Crippen molar-refractivity contribution >= 4 is 32.4 Å². The van der Waals surface area contributed by atoms with Crippen molar-refractivity contribution < 1.29 is 18.9 Å². The first-order valence-corrected chi connectivity index (χ1v) is 9.48. The van der Waals surface area contributed by atoms with E-state index in [2.05, 4.69) is 20.4 Å². The smallest absolute Gasteiger partial charge is 0.326 e. The summed E-state index contributed by atoms with van der Waals surface area (Å²) in [5, 5.41) is 18.7. The van der Waals surface area contributed by atoms with Gasteiger partial charge in [0.05, 0.1) is 16.5 Å². The molecule has 4 heterocycles. The van der Waals surface area contributed by atoms with Crippen LogP contribution in [0.15, 0.2) is 41.1 Å². The monoisotopic (exact) mass is 411 g/mol. The number of rotatable bonds is 5. The van der Waals surface area contributed by atoms with Gasteiger partial charge in [-0.1, -0.05) is 11.2 Å². The summed E-state index contributed by atoms with van der Waals surface area (Å²) >= 11 is 0.982. The summed E-state index contributed by atoms with van der Waals surface area (Å²) in [5.74, 6) is 2.56. The lowest BCUT2D eigenvalue weighted by Crippen LogP contribution is -2.15. The Hall–Kier alpha value is -3.73. The highest BCUT2D eigenvalue weighted by Gasteiger charge is 2.19. The van der Waals surface area contributed by atoms with Crippen LogP contribution in [0.4, 0.5) is 10.8 Å². The van der Waals surface area contributed by atoms with Crippen LogP contribution in [0, 0.1) is 10.1 Å². The van der Waals surface area contributed by atoms with Gasteiger partial charge in [0.25, 0.3) is 0 Å². The molecule has 0 fully saturated rings. The molecular formula is C18H13N5O5S. The predicted octanol–water partition coefficient (Wildman–Crippen LogP) is 3.64. The summed E-state index contributed by atoms with van der Waals surface area (Å²) in [6, 6.07) is 8.78. The second-order valence-corrected chi connectivity index (χ2v) is 7.17. The van der Waals surface area contributed by atoms with Crippen molar-refractivity contribution in [1.82, 2.24) is 15.1 Å². The third kappa shape index (κ3) is 3.31. The number of nitrogens with zero attached hydrogens (tertiary/aromatic N) is 4. The molecule has 0 radical (unpaired) electrons. The maximum absolute atomic E-state index is 11.2. The van der Waals surface area contributed by atoms with Crippen LogP contribution in [-0.4, -0.2) is 33.3 Å². The predicted molar refractivity (Wildman–Crippen MR) is 104 cm³/mol. The second-order valence-electron chi connectivity index (χ2n) is 6.16. The molecule has 4 aromatic rings. The number of hydrogen-bond acceptors (Lipinski definition) is 10. The quantitative estimate of drug-likeness (QED) is 0.387. The SMILES string of the molecule is O=[N+]([O-])c1cc2c(NCc3ccc4c(c3)OCCO4)nc(-c3ccno3)nc2s1. The first-order chi connectivity index (χ1) is 14.2. The molecule has 1 aromatic carbocycles. The number of nitrogens with one attached hydrogen (secondary N) is 1. The fourth-order valence-corrected chi connectivity index (χ4v) is 3.81. The third-order valence-corrected chi connectivity index (χ3v) is 5.27. The third-order valence-electron chi connectivity index (χ3n) is 4.28. The number of aromatic nitrogens is 3. The first kappa shape index (κ1) is 17.4. The second kappa shape index (κ2) is 7.02. The molecule has 0 unspecified atom stereocenters. The highest BCUT2D eigenvalue weighted by Crippen LogP contribution is 2.36. The van der Waals surface area contributed by atoms with Gasteiger partial charge in [0.15, 0.2) is 11.5 Å². The van der Waals surface area contributed by atoms with E-state index in [0.29, 0.717) is 58.9 Å². The molecule has 0 saturated heterocycles. The molecule has 1 aliphatic rings. The normalized spacial score (nSPS) is 12.8. The van der Waals surface area contributed by atoms with Crippen LogP contribution in [0.3, 0.4) is 0 Å². The van der Waals surface area contributed by atoms with Crippen molar-refractivity contribution in [2.24, 2.45) is 0 Å². The van der Waals surface area contributed by atoms with Gasteiger partial charge in [-0.2, -0.15) is 0 Å². The Kier molecular flexibility index (Phi) is 4.21. The molecule has 0 bridgehead atoms. The molecule has 10 nitrogen and oxygen atoms in total. The van der Waals surface area contributed by atoms with E-state index < -0.39 is 4.92 Å². The number of nitro groups is 1.